The van der Waals surface area contributed by atoms with Gasteiger partial charge in [0.2, 0.25) is 10.0 Å². The predicted molar refractivity (Wildman–Crippen MR) is 113 cm³/mol. The van der Waals surface area contributed by atoms with Crippen molar-refractivity contribution in [1.82, 2.24) is 4.57 Å². The van der Waals surface area contributed by atoms with Crippen LogP contribution in [0.3, 0.4) is 0 Å². The van der Waals surface area contributed by atoms with E-state index >= 15 is 0 Å². The van der Waals surface area contributed by atoms with Gasteiger partial charge >= 0.3 is 0 Å². The quantitative estimate of drug-likeness (QED) is 0.241. The molecule has 26 heavy (non-hydrogen) atoms. The lowest BCUT2D eigenvalue weighted by Crippen LogP contribution is -2.57. The molecule has 1 aromatic heterocycles. The second-order valence-corrected chi connectivity index (χ2v) is 7.50. The molecule has 1 heterocycles. The molecule has 0 spiro atoms. The first-order valence-electron chi connectivity index (χ1n) is 8.63. The van der Waals surface area contributed by atoms with Crippen LogP contribution >= 0.6 is 22.6 Å². The number of aryl methyl sites for hydroxylation is 1. The molecule has 0 atom stereocenters. The van der Waals surface area contributed by atoms with Crippen molar-refractivity contribution in [2.75, 3.05) is 0 Å². The fourth-order valence-corrected chi connectivity index (χ4v) is 4.07. The summed E-state index contributed by atoms with van der Waals surface area (Å²) in [7, 11) is 2.09. The summed E-state index contributed by atoms with van der Waals surface area (Å²) in [4.78, 5) is 0. The summed E-state index contributed by atoms with van der Waals surface area (Å²) in [6.45, 7) is 0. The number of hydrogen-bond acceptors (Lipinski definition) is 0. The lowest BCUT2D eigenvalue weighted by atomic mass is 9.77. The van der Waals surface area contributed by atoms with Gasteiger partial charge in [0.25, 0.3) is 0 Å². The van der Waals surface area contributed by atoms with Crippen LogP contribution < -0.4 is 4.57 Å². The molecule has 0 unspecified atom stereocenters. The third-order valence-corrected chi connectivity index (χ3v) is 5.88. The van der Waals surface area contributed by atoms with Crippen LogP contribution in [-0.4, -0.2) is 4.57 Å². The molecular formula is C23H20IN2+. The van der Waals surface area contributed by atoms with Gasteiger partial charge in [0.1, 0.15) is 6.20 Å². The van der Waals surface area contributed by atoms with Gasteiger partial charge in [-0.15, -0.1) is 0 Å². The average Bonchev–Trinajstić information content (AvgIpc) is 3.04. The van der Waals surface area contributed by atoms with Gasteiger partial charge in [-0.05, 0) is 0 Å². The highest BCUT2D eigenvalue weighted by Gasteiger charge is 2.43. The first-order chi connectivity index (χ1) is 12.7. The molecule has 4 aromatic rings. The Morgan fingerprint density at radius 3 is 1.38 bits per heavy atom. The zero-order chi connectivity index (χ0) is 18.0. The highest BCUT2D eigenvalue weighted by molar-refractivity contribution is 14.1. The van der Waals surface area contributed by atoms with E-state index in [1.54, 1.807) is 0 Å². The van der Waals surface area contributed by atoms with Crippen molar-refractivity contribution in [3.05, 3.63) is 124 Å². The monoisotopic (exact) mass is 451 g/mol. The minimum Gasteiger partial charge on any atom is -0.228 e. The molecule has 0 aliphatic rings. The summed E-state index contributed by atoms with van der Waals surface area (Å²) in [6.07, 6.45) is 4.39. The van der Waals surface area contributed by atoms with Crippen LogP contribution in [0.15, 0.2) is 104 Å². The molecule has 0 N–H and O–H groups in total. The van der Waals surface area contributed by atoms with E-state index in [-0.39, 0.29) is 0 Å². The van der Waals surface area contributed by atoms with Gasteiger partial charge in [-0.1, -0.05) is 91.0 Å². The zero-order valence-corrected chi connectivity index (χ0v) is 16.7. The topological polar surface area (TPSA) is 8.81 Å². The highest BCUT2D eigenvalue weighted by atomic mass is 127. The average molecular weight is 451 g/mol. The number of hydrogen-bond donors (Lipinski definition) is 0. The van der Waals surface area contributed by atoms with Crippen molar-refractivity contribution in [3.63, 3.8) is 0 Å². The van der Waals surface area contributed by atoms with E-state index in [0.29, 0.717) is 0 Å². The Labute approximate surface area is 167 Å². The van der Waals surface area contributed by atoms with Gasteiger partial charge in [0, 0.05) is 39.3 Å². The molecule has 0 radical (unpaired) electrons. The van der Waals surface area contributed by atoms with E-state index < -0.39 is 5.54 Å². The Morgan fingerprint density at radius 1 is 0.692 bits per heavy atom. The number of halogens is 1. The van der Waals surface area contributed by atoms with E-state index in [1.165, 1.54) is 20.4 Å². The van der Waals surface area contributed by atoms with Gasteiger partial charge in [-0.25, -0.2) is 9.13 Å². The molecule has 0 bridgehead atoms. The van der Waals surface area contributed by atoms with E-state index in [4.69, 9.17) is 0 Å². The number of nitrogens with zero attached hydrogens (tertiary/aromatic N) is 2. The molecule has 0 saturated heterocycles. The number of benzene rings is 3. The van der Waals surface area contributed by atoms with Crippen LogP contribution in [0, 0.1) is 3.70 Å². The summed E-state index contributed by atoms with van der Waals surface area (Å²) < 4.78 is 5.67. The maximum Gasteiger partial charge on any atom is 0.245 e. The van der Waals surface area contributed by atoms with Crippen LogP contribution in [0.25, 0.3) is 0 Å². The normalized spacial score (nSPS) is 11.5. The largest absolute Gasteiger partial charge is 0.245 e. The van der Waals surface area contributed by atoms with Crippen LogP contribution in [0.2, 0.25) is 0 Å². The van der Waals surface area contributed by atoms with Crippen molar-refractivity contribution in [3.8, 4) is 0 Å². The maximum atomic E-state index is 2.39. The SMILES string of the molecule is Cn1c[n+](C(c2ccccc2)(c2ccccc2)c2ccccc2)cc1I. The molecular weight excluding hydrogens is 431 g/mol. The van der Waals surface area contributed by atoms with Crippen LogP contribution in [0.1, 0.15) is 16.7 Å². The van der Waals surface area contributed by atoms with Crippen LogP contribution in [0.4, 0.5) is 0 Å². The molecule has 2 nitrogen and oxygen atoms in total. The minimum atomic E-state index is -0.426. The second-order valence-electron chi connectivity index (χ2n) is 6.39. The third kappa shape index (κ3) is 2.76. The fraction of sp³-hybridized carbons (Fsp3) is 0.0870. The fourth-order valence-electron chi connectivity index (χ4n) is 3.65. The first kappa shape index (κ1) is 17.0. The molecule has 4 rings (SSSR count). The lowest BCUT2D eigenvalue weighted by molar-refractivity contribution is -0.734. The van der Waals surface area contributed by atoms with E-state index in [0.717, 1.165) is 0 Å². The Bertz CT molecular complexity index is 876. The standard InChI is InChI=1S/C23H20IN2/c1-25-18-26(17-22(25)24)23(19-11-5-2-6-12-19,20-13-7-3-8-14-20)21-15-9-4-10-16-21/h2-18H,1H3/q+1. The minimum absolute atomic E-state index is 0.426. The predicted octanol–water partition coefficient (Wildman–Crippen LogP) is 4.76. The molecule has 0 amide bonds. The Kier molecular flexibility index (Phi) is 4.64. The van der Waals surface area contributed by atoms with E-state index in [9.17, 15) is 0 Å². The lowest BCUT2D eigenvalue weighted by Gasteiger charge is -2.32. The molecule has 0 saturated carbocycles. The van der Waals surface area contributed by atoms with Gasteiger partial charge in [-0.2, -0.15) is 0 Å². The van der Waals surface area contributed by atoms with Gasteiger partial charge in [-0.3, -0.25) is 0 Å². The Hall–Kier alpha value is -2.40. The summed E-state index contributed by atoms with van der Waals surface area (Å²) in [5.74, 6) is 0. The Balaban J connectivity index is 2.14. The van der Waals surface area contributed by atoms with Crippen molar-refractivity contribution in [2.24, 2.45) is 7.05 Å². The molecule has 3 heteroatoms. The zero-order valence-electron chi connectivity index (χ0n) is 14.6. The van der Waals surface area contributed by atoms with Crippen molar-refractivity contribution < 1.29 is 4.57 Å². The van der Waals surface area contributed by atoms with Gasteiger partial charge in [0.15, 0.2) is 5.54 Å². The molecule has 3 aromatic carbocycles. The molecule has 0 fully saturated rings. The highest BCUT2D eigenvalue weighted by Crippen LogP contribution is 2.36. The van der Waals surface area contributed by atoms with Crippen LogP contribution in [0.5, 0.6) is 0 Å². The summed E-state index contributed by atoms with van der Waals surface area (Å²) in [5, 5.41) is 0. The summed E-state index contributed by atoms with van der Waals surface area (Å²) >= 11 is 2.39. The molecule has 0 aliphatic heterocycles. The second kappa shape index (κ2) is 7.08. The number of rotatable bonds is 4. The summed E-state index contributed by atoms with van der Waals surface area (Å²) in [5.41, 5.74) is 3.29. The van der Waals surface area contributed by atoms with Crippen molar-refractivity contribution in [2.45, 2.75) is 5.54 Å². The Morgan fingerprint density at radius 2 is 1.08 bits per heavy atom. The third-order valence-electron chi connectivity index (χ3n) is 4.84. The summed E-state index contributed by atoms with van der Waals surface area (Å²) in [6, 6.07) is 32.2. The van der Waals surface area contributed by atoms with Crippen LogP contribution in [-0.2, 0) is 12.6 Å². The van der Waals surface area contributed by atoms with E-state index in [2.05, 4.69) is 142 Å². The number of imidazole rings is 1. The maximum absolute atomic E-state index is 2.39. The molecule has 0 aliphatic carbocycles. The van der Waals surface area contributed by atoms with Crippen molar-refractivity contribution in [1.29, 1.82) is 0 Å². The smallest absolute Gasteiger partial charge is 0.228 e. The molecule has 128 valence electrons. The van der Waals surface area contributed by atoms with Gasteiger partial charge in [0.05, 0.1) is 7.05 Å². The number of aromatic nitrogens is 2. The van der Waals surface area contributed by atoms with E-state index in [1.807, 2.05) is 0 Å². The van der Waals surface area contributed by atoms with Gasteiger partial charge < -0.3 is 0 Å². The first-order valence-corrected chi connectivity index (χ1v) is 9.71. The van der Waals surface area contributed by atoms with Crippen molar-refractivity contribution >= 4 is 22.6 Å².